The molecule has 3 saturated heterocycles. The molecule has 1 aliphatic carbocycles. The van der Waals surface area contributed by atoms with Crippen LogP contribution < -0.4 is 64.8 Å². The number of hydrogen-bond acceptors (Lipinski definition) is 13. The van der Waals surface area contributed by atoms with Crippen molar-refractivity contribution in [3.8, 4) is 17.6 Å². The Kier molecular flexibility index (Phi) is 16.4. The summed E-state index contributed by atoms with van der Waals surface area (Å²) in [5, 5.41) is 17.9. The summed E-state index contributed by atoms with van der Waals surface area (Å²) in [6.45, 7) is 11.5. The Morgan fingerprint density at radius 3 is 2.39 bits per heavy atom. The maximum atomic E-state index is 14.9. The number of piperidine rings is 3. The Morgan fingerprint density at radius 2 is 1.75 bits per heavy atom. The number of nitrogens with one attached hydrogen (secondary N) is 4. The van der Waals surface area contributed by atoms with Crippen LogP contribution in [0.25, 0.3) is 0 Å². The van der Waals surface area contributed by atoms with Gasteiger partial charge in [-0.2, -0.15) is 12.0 Å². The second-order valence-electron chi connectivity index (χ2n) is 15.8. The molecule has 4 aromatic carbocycles. The molecule has 3 atom stereocenters. The van der Waals surface area contributed by atoms with Crippen LogP contribution in [0.15, 0.2) is 77.8 Å². The minimum atomic E-state index is -0.704. The van der Waals surface area contributed by atoms with Crippen molar-refractivity contribution >= 4 is 71.3 Å². The number of aliphatic imine (C=N–C) groups is 1. The molecule has 4 N–H and O–H groups in total. The van der Waals surface area contributed by atoms with Crippen LogP contribution in [0.4, 0.5) is 37.2 Å². The van der Waals surface area contributed by atoms with E-state index >= 15 is 0 Å². The summed E-state index contributed by atoms with van der Waals surface area (Å²) in [6.07, 6.45) is 5.17. The first-order valence-corrected chi connectivity index (χ1v) is 21.5. The third kappa shape index (κ3) is 11.8. The van der Waals surface area contributed by atoms with Gasteiger partial charge in [-0.25, -0.2) is 13.1 Å². The minimum Gasteiger partial charge on any atom is -0.466 e. The Hall–Kier alpha value is -5.51. The zero-order chi connectivity index (χ0) is 44.6. The summed E-state index contributed by atoms with van der Waals surface area (Å²) in [6, 6.07) is 21.1. The van der Waals surface area contributed by atoms with Crippen molar-refractivity contribution in [2.24, 2.45) is 16.8 Å². The van der Waals surface area contributed by atoms with E-state index < -0.39 is 11.9 Å². The first kappa shape index (κ1) is 48.0. The zero-order valence-corrected chi connectivity index (χ0v) is 38.6. The number of benzene rings is 4. The number of imide groups is 1. The van der Waals surface area contributed by atoms with Crippen LogP contribution in [-0.4, -0.2) is 86.9 Å². The summed E-state index contributed by atoms with van der Waals surface area (Å²) < 4.78 is 39.6. The predicted octanol–water partition coefficient (Wildman–Crippen LogP) is 3.99. The second-order valence-corrected chi connectivity index (χ2v) is 16.8. The molecular weight excluding hydrogens is 852 g/mol. The van der Waals surface area contributed by atoms with Crippen LogP contribution in [0, 0.1) is 34.8 Å². The molecule has 3 amide bonds. The van der Waals surface area contributed by atoms with E-state index in [-0.39, 0.29) is 93.9 Å². The first-order chi connectivity index (χ1) is 30.5. The molecular formula is C46H47F2N9NaO5S-. The standard InChI is InChI=1S/C28H32FN5O3.C18H15FN4O2S.Na/c29-23-14-21(30-24-6-8-26(35)32-28(24)37)3-7-25(23)33-11-9-20(10-12-33)31-27(36)17-1-4-22(5-2-17)34-15-18-13-19(18)16-34;1-4-23(3)26-22-17-8-6-15(19)18(14(17)10-20)25-13-5-7-16(21-2)12(9-13)11-24;/h1-5,7,14,18-20,24,30H,6,8-13,15-16H2,(H,31,36)(H,32,35,37);2,5-9,22H,4H2,1,3H3;/q;-2;+1. The van der Waals surface area contributed by atoms with Crippen LogP contribution >= 0.6 is 12.1 Å². The van der Waals surface area contributed by atoms with E-state index in [1.54, 1.807) is 18.4 Å². The van der Waals surface area contributed by atoms with Crippen LogP contribution in [0.1, 0.15) is 60.5 Å². The van der Waals surface area contributed by atoms with Crippen LogP contribution in [0.3, 0.4) is 0 Å². The number of hydrogen-bond donors (Lipinski definition) is 4. The van der Waals surface area contributed by atoms with Gasteiger partial charge in [0.05, 0.1) is 23.4 Å². The molecule has 0 radical (unpaired) electrons. The van der Waals surface area contributed by atoms with Crippen molar-refractivity contribution in [2.75, 3.05) is 59.6 Å². The van der Waals surface area contributed by atoms with Gasteiger partial charge in [0.1, 0.15) is 23.5 Å². The molecule has 3 heterocycles. The smallest absolute Gasteiger partial charge is 0.466 e. The Morgan fingerprint density at radius 1 is 1.02 bits per heavy atom. The molecule has 0 bridgehead atoms. The number of amides is 3. The maximum Gasteiger partial charge on any atom is 1.00 e. The summed E-state index contributed by atoms with van der Waals surface area (Å²) in [4.78, 5) is 54.9. The molecule has 1 saturated carbocycles. The van der Waals surface area contributed by atoms with Crippen LogP contribution in [0.5, 0.6) is 11.5 Å². The van der Waals surface area contributed by atoms with E-state index in [0.29, 0.717) is 42.1 Å². The summed E-state index contributed by atoms with van der Waals surface area (Å²) >= 11 is 1.27. The van der Waals surface area contributed by atoms with Gasteiger partial charge in [0, 0.05) is 74.3 Å². The van der Waals surface area contributed by atoms with Gasteiger partial charge in [0.2, 0.25) is 11.8 Å². The van der Waals surface area contributed by atoms with Gasteiger partial charge >= 0.3 is 29.6 Å². The predicted molar refractivity (Wildman–Crippen MR) is 239 cm³/mol. The average Bonchev–Trinajstić information content (AvgIpc) is 3.91. The summed E-state index contributed by atoms with van der Waals surface area (Å²) in [7, 11) is 1.87. The van der Waals surface area contributed by atoms with Gasteiger partial charge in [0.15, 0.2) is 11.6 Å². The minimum absolute atomic E-state index is 0. The number of nitriles is 1. The van der Waals surface area contributed by atoms with Crippen molar-refractivity contribution in [2.45, 2.75) is 51.1 Å². The summed E-state index contributed by atoms with van der Waals surface area (Å²) in [5.74, 6) is -0.151. The van der Waals surface area contributed by atoms with E-state index in [2.05, 4.69) is 30.6 Å². The van der Waals surface area contributed by atoms with E-state index in [9.17, 15) is 33.2 Å². The van der Waals surface area contributed by atoms with E-state index in [0.717, 1.165) is 44.3 Å². The molecule has 0 aromatic heterocycles. The molecule has 4 fully saturated rings. The topological polar surface area (TPSA) is 172 Å². The molecule has 4 aromatic rings. The maximum absolute atomic E-state index is 14.9. The number of ether oxygens (including phenoxy) is 1. The number of halogens is 2. The van der Waals surface area contributed by atoms with Crippen molar-refractivity contribution in [1.29, 1.82) is 5.26 Å². The SMILES string of the molecule is O=C1CCC(Nc2ccc(N3CCC(NC(=O)c4ccc(N5CC6CC6C5)cc4)CC3)c(F)c2)C(=O)N1.[CH-]=Nc1ccc(Oc2c(F)ccc(NSN(C)CC)c2C#N)cc1[C-]=O.[Na+]. The molecule has 8 rings (SSSR count). The molecule has 4 aliphatic rings. The van der Waals surface area contributed by atoms with Crippen LogP contribution in [0.2, 0.25) is 0 Å². The largest absolute Gasteiger partial charge is 1.00 e. The molecule has 64 heavy (non-hydrogen) atoms. The fraction of sp³-hybridized carbons (Fsp3) is 0.348. The van der Waals surface area contributed by atoms with Gasteiger partial charge in [-0.05, 0) is 105 Å². The van der Waals surface area contributed by atoms with Gasteiger partial charge in [0.25, 0.3) is 5.91 Å². The van der Waals surface area contributed by atoms with Crippen molar-refractivity contribution in [3.05, 3.63) is 101 Å². The van der Waals surface area contributed by atoms with E-state index in [1.165, 1.54) is 60.6 Å². The van der Waals surface area contributed by atoms with Gasteiger partial charge in [-0.1, -0.05) is 18.7 Å². The van der Waals surface area contributed by atoms with Crippen molar-refractivity contribution in [3.63, 3.8) is 0 Å². The second kappa shape index (κ2) is 21.9. The molecule has 3 unspecified atom stereocenters. The molecule has 0 spiro atoms. The Balaban J connectivity index is 0.000000223. The molecule has 14 nitrogen and oxygen atoms in total. The van der Waals surface area contributed by atoms with Gasteiger partial charge < -0.3 is 39.7 Å². The zero-order valence-electron chi connectivity index (χ0n) is 35.8. The number of rotatable bonds is 14. The fourth-order valence-corrected chi connectivity index (χ4v) is 8.34. The number of nitrogens with zero attached hydrogens (tertiary/aromatic N) is 5. The Labute approximate surface area is 397 Å². The van der Waals surface area contributed by atoms with Gasteiger partial charge in [-0.3, -0.25) is 19.7 Å². The van der Waals surface area contributed by atoms with Crippen molar-refractivity contribution in [1.82, 2.24) is 14.9 Å². The monoisotopic (exact) mass is 898 g/mol. The van der Waals surface area contributed by atoms with Gasteiger partial charge in [-0.15, -0.1) is 11.6 Å². The number of carbonyl (C=O) groups is 3. The molecule has 3 aliphatic heterocycles. The number of anilines is 4. The number of fused-ring (bicyclic) bond motifs is 1. The average molecular weight is 899 g/mol. The van der Waals surface area contributed by atoms with E-state index in [4.69, 9.17) is 11.5 Å². The summed E-state index contributed by atoms with van der Waals surface area (Å²) in [5.41, 5.74) is 3.58. The normalized spacial score (nSPS) is 18.9. The van der Waals surface area contributed by atoms with Crippen LogP contribution in [-0.2, 0) is 14.4 Å². The molecule has 328 valence electrons. The third-order valence-corrected chi connectivity index (χ3v) is 12.5. The first-order valence-electron chi connectivity index (χ1n) is 20.7. The quantitative estimate of drug-likeness (QED) is 0.0473. The number of carbonyl (C=O) groups excluding carboxylic acids is 4. The van der Waals surface area contributed by atoms with Crippen molar-refractivity contribution < 1.29 is 62.3 Å². The molecule has 18 heteroatoms. The Bertz CT molecular complexity index is 2400. The third-order valence-electron chi connectivity index (χ3n) is 11.6. The fourth-order valence-electron chi connectivity index (χ4n) is 7.79. The van der Waals surface area contributed by atoms with E-state index in [1.807, 2.05) is 53.5 Å².